The van der Waals surface area contributed by atoms with Gasteiger partial charge in [0.15, 0.2) is 0 Å². The molecule has 1 unspecified atom stereocenters. The van der Waals surface area contributed by atoms with Gasteiger partial charge in [-0.25, -0.2) is 8.42 Å². The Morgan fingerprint density at radius 2 is 2.11 bits per heavy atom. The summed E-state index contributed by atoms with van der Waals surface area (Å²) in [5.74, 6) is 0.660. The summed E-state index contributed by atoms with van der Waals surface area (Å²) in [4.78, 5) is 0. The molecule has 0 bridgehead atoms. The van der Waals surface area contributed by atoms with Crippen LogP contribution in [0.4, 0.5) is 11.4 Å². The van der Waals surface area contributed by atoms with Crippen molar-refractivity contribution in [2.45, 2.75) is 6.10 Å². The minimum absolute atomic E-state index is 0.0891. The first-order valence-corrected chi connectivity index (χ1v) is 7.92. The van der Waals surface area contributed by atoms with Gasteiger partial charge >= 0.3 is 0 Å². The lowest BCUT2D eigenvalue weighted by Gasteiger charge is -2.15. The Bertz CT molecular complexity index is 521. The van der Waals surface area contributed by atoms with E-state index in [0.717, 1.165) is 6.26 Å². The summed E-state index contributed by atoms with van der Waals surface area (Å²) in [6, 6.07) is 4.85. The number of hydrogen-bond acceptors (Lipinski definition) is 5. The molecule has 0 fully saturated rings. The topological polar surface area (TPSA) is 87.7 Å². The van der Waals surface area contributed by atoms with Crippen molar-refractivity contribution in [2.75, 3.05) is 35.8 Å². The lowest BCUT2D eigenvalue weighted by Crippen LogP contribution is -2.21. The predicted molar refractivity (Wildman–Crippen MR) is 76.7 cm³/mol. The molecule has 0 aliphatic rings. The highest BCUT2D eigenvalue weighted by Crippen LogP contribution is 2.27. The van der Waals surface area contributed by atoms with Gasteiger partial charge in [-0.1, -0.05) is 0 Å². The van der Waals surface area contributed by atoms with Crippen molar-refractivity contribution in [2.24, 2.45) is 0 Å². The Labute approximate surface area is 117 Å². The summed E-state index contributed by atoms with van der Waals surface area (Å²) in [6.45, 7) is 0.203. The Morgan fingerprint density at radius 3 is 2.63 bits per heavy atom. The molecule has 0 amide bonds. The van der Waals surface area contributed by atoms with Crippen molar-refractivity contribution < 1.29 is 18.3 Å². The lowest BCUT2D eigenvalue weighted by molar-refractivity contribution is 0.211. The van der Waals surface area contributed by atoms with E-state index in [1.54, 1.807) is 18.2 Å². The Hall–Kier alpha value is -1.18. The fraction of sp³-hybridized carbons (Fsp3) is 0.455. The molecule has 0 saturated heterocycles. The number of hydrogen-bond donors (Lipinski definition) is 3. The Kier molecular flexibility index (Phi) is 5.71. The van der Waals surface area contributed by atoms with E-state index < -0.39 is 16.1 Å². The molecular weight excluding hydrogens is 292 g/mol. The molecule has 3 N–H and O–H groups in total. The van der Waals surface area contributed by atoms with E-state index in [1.165, 1.54) is 7.11 Å². The second-order valence-electron chi connectivity index (χ2n) is 3.97. The second kappa shape index (κ2) is 6.83. The largest absolute Gasteiger partial charge is 0.497 e. The Morgan fingerprint density at radius 1 is 1.42 bits per heavy atom. The number of sulfonamides is 1. The molecular formula is C11H17ClN2O4S. The average molecular weight is 309 g/mol. The third kappa shape index (κ3) is 5.54. The molecule has 0 spiro atoms. The highest BCUT2D eigenvalue weighted by molar-refractivity contribution is 7.92. The maximum atomic E-state index is 11.3. The molecule has 108 valence electrons. The van der Waals surface area contributed by atoms with Gasteiger partial charge in [0.05, 0.1) is 36.7 Å². The van der Waals surface area contributed by atoms with Crippen LogP contribution in [0.25, 0.3) is 0 Å². The van der Waals surface area contributed by atoms with Crippen molar-refractivity contribution in [1.29, 1.82) is 0 Å². The minimum atomic E-state index is -3.38. The zero-order chi connectivity index (χ0) is 14.5. The van der Waals surface area contributed by atoms with Crippen molar-refractivity contribution in [3.63, 3.8) is 0 Å². The van der Waals surface area contributed by atoms with Crippen LogP contribution in [0.5, 0.6) is 5.75 Å². The molecule has 0 aliphatic carbocycles. The van der Waals surface area contributed by atoms with Gasteiger partial charge in [0, 0.05) is 12.6 Å². The van der Waals surface area contributed by atoms with Crippen molar-refractivity contribution >= 4 is 33.0 Å². The van der Waals surface area contributed by atoms with Crippen LogP contribution in [-0.2, 0) is 10.0 Å². The average Bonchev–Trinajstić information content (AvgIpc) is 2.35. The molecule has 0 aliphatic heterocycles. The molecule has 1 aromatic carbocycles. The lowest BCUT2D eigenvalue weighted by atomic mass is 10.2. The molecule has 19 heavy (non-hydrogen) atoms. The molecule has 1 rings (SSSR count). The summed E-state index contributed by atoms with van der Waals surface area (Å²) in [7, 11) is -1.87. The van der Waals surface area contributed by atoms with Crippen LogP contribution >= 0.6 is 11.6 Å². The van der Waals surface area contributed by atoms with Gasteiger partial charge in [-0.05, 0) is 12.1 Å². The number of halogens is 1. The molecule has 1 atom stereocenters. The fourth-order valence-electron chi connectivity index (χ4n) is 1.37. The van der Waals surface area contributed by atoms with E-state index in [0.29, 0.717) is 17.1 Å². The van der Waals surface area contributed by atoms with Crippen molar-refractivity contribution in [3.05, 3.63) is 18.2 Å². The highest BCUT2D eigenvalue weighted by Gasteiger charge is 2.10. The van der Waals surface area contributed by atoms with Gasteiger partial charge in [0.25, 0.3) is 0 Å². The summed E-state index contributed by atoms with van der Waals surface area (Å²) in [5.41, 5.74) is 0.888. The predicted octanol–water partition coefficient (Wildman–Crippen LogP) is 1.08. The molecule has 0 radical (unpaired) electrons. The molecule has 8 heteroatoms. The third-order valence-corrected chi connectivity index (χ3v) is 3.18. The summed E-state index contributed by atoms with van der Waals surface area (Å²) < 4.78 is 30.0. The first kappa shape index (κ1) is 15.9. The van der Waals surface area contributed by atoms with E-state index in [1.807, 2.05) is 0 Å². The van der Waals surface area contributed by atoms with Gasteiger partial charge < -0.3 is 15.2 Å². The van der Waals surface area contributed by atoms with E-state index in [-0.39, 0.29) is 12.4 Å². The molecule has 1 aromatic rings. The highest BCUT2D eigenvalue weighted by atomic mass is 35.5. The van der Waals surface area contributed by atoms with Crippen LogP contribution in [0.3, 0.4) is 0 Å². The number of anilines is 2. The van der Waals surface area contributed by atoms with E-state index in [4.69, 9.17) is 16.3 Å². The van der Waals surface area contributed by atoms with Gasteiger partial charge in [0.2, 0.25) is 10.0 Å². The van der Waals surface area contributed by atoms with Crippen LogP contribution in [0.2, 0.25) is 0 Å². The SMILES string of the molecule is COc1ccc(NS(C)(=O)=O)c(NCC(O)CCl)c1. The molecule has 0 heterocycles. The molecule has 0 aromatic heterocycles. The van der Waals surface area contributed by atoms with Gasteiger partial charge in [-0.3, -0.25) is 4.72 Å². The standard InChI is InChI=1S/C11H17ClN2O4S/c1-18-9-3-4-10(14-19(2,16)17)11(5-9)13-7-8(15)6-12/h3-5,8,13-15H,6-7H2,1-2H3. The molecule has 0 saturated carbocycles. The number of alkyl halides is 1. The van der Waals surface area contributed by atoms with Crippen LogP contribution in [-0.4, -0.2) is 45.4 Å². The number of nitrogens with one attached hydrogen (secondary N) is 2. The van der Waals surface area contributed by atoms with Crippen LogP contribution in [0.15, 0.2) is 18.2 Å². The maximum Gasteiger partial charge on any atom is 0.229 e. The van der Waals surface area contributed by atoms with E-state index in [9.17, 15) is 13.5 Å². The maximum absolute atomic E-state index is 11.3. The number of aliphatic hydroxyl groups excluding tert-OH is 1. The van der Waals surface area contributed by atoms with Gasteiger partial charge in [-0.2, -0.15) is 0 Å². The molecule has 6 nitrogen and oxygen atoms in total. The van der Waals surface area contributed by atoms with E-state index >= 15 is 0 Å². The van der Waals surface area contributed by atoms with Gasteiger partial charge in [0.1, 0.15) is 5.75 Å². The fourth-order valence-corrected chi connectivity index (χ4v) is 2.05. The van der Waals surface area contributed by atoms with Crippen LogP contribution in [0, 0.1) is 0 Å². The quantitative estimate of drug-likeness (QED) is 0.656. The zero-order valence-electron chi connectivity index (χ0n) is 10.7. The van der Waals surface area contributed by atoms with Crippen LogP contribution in [0.1, 0.15) is 0 Å². The van der Waals surface area contributed by atoms with Crippen molar-refractivity contribution in [3.8, 4) is 5.75 Å². The first-order valence-electron chi connectivity index (χ1n) is 5.49. The number of ether oxygens (including phenoxy) is 1. The summed E-state index contributed by atoms with van der Waals surface area (Å²) >= 11 is 5.50. The number of aliphatic hydroxyl groups is 1. The summed E-state index contributed by atoms with van der Waals surface area (Å²) in [5, 5.41) is 12.3. The normalized spacial score (nSPS) is 12.8. The first-order chi connectivity index (χ1) is 8.85. The minimum Gasteiger partial charge on any atom is -0.497 e. The Balaban J connectivity index is 2.95. The van der Waals surface area contributed by atoms with Crippen LogP contribution < -0.4 is 14.8 Å². The second-order valence-corrected chi connectivity index (χ2v) is 6.03. The van der Waals surface area contributed by atoms with Gasteiger partial charge in [-0.15, -0.1) is 11.6 Å². The number of benzene rings is 1. The monoisotopic (exact) mass is 308 g/mol. The number of rotatable bonds is 7. The number of methoxy groups -OCH3 is 1. The third-order valence-electron chi connectivity index (χ3n) is 2.23. The summed E-state index contributed by atoms with van der Waals surface area (Å²) in [6.07, 6.45) is 0.341. The zero-order valence-corrected chi connectivity index (χ0v) is 12.3. The smallest absolute Gasteiger partial charge is 0.229 e. The van der Waals surface area contributed by atoms with E-state index in [2.05, 4.69) is 10.0 Å². The van der Waals surface area contributed by atoms with Crippen molar-refractivity contribution in [1.82, 2.24) is 0 Å².